The number of rotatable bonds is 1. The molecular weight excluding hydrogens is 273 g/mol. The first kappa shape index (κ1) is 12.3. The van der Waals surface area contributed by atoms with Crippen LogP contribution in [0.25, 0.3) is 11.6 Å². The Kier molecular flexibility index (Phi) is 2.67. The lowest BCUT2D eigenvalue weighted by Crippen LogP contribution is -2.08. The molecule has 0 saturated carbocycles. The van der Waals surface area contributed by atoms with E-state index in [9.17, 15) is 18.0 Å². The van der Waals surface area contributed by atoms with Gasteiger partial charge in [-0.05, 0) is 30.0 Å². The van der Waals surface area contributed by atoms with Crippen LogP contribution in [0.5, 0.6) is 0 Å². The maximum absolute atomic E-state index is 13.9. The summed E-state index contributed by atoms with van der Waals surface area (Å²) in [6.07, 6.45) is 3.64. The molecule has 5 heteroatoms. The minimum Gasteiger partial charge on any atom is -0.286 e. The van der Waals surface area contributed by atoms with Gasteiger partial charge in [-0.25, -0.2) is 13.2 Å². The van der Waals surface area contributed by atoms with E-state index in [-0.39, 0.29) is 11.1 Å². The fourth-order valence-corrected chi connectivity index (χ4v) is 2.97. The fourth-order valence-electron chi connectivity index (χ4n) is 2.31. The monoisotopic (exact) mass is 280 g/mol. The van der Waals surface area contributed by atoms with Gasteiger partial charge >= 0.3 is 0 Å². The molecule has 2 aliphatic carbocycles. The summed E-state index contributed by atoms with van der Waals surface area (Å²) in [6.45, 7) is 0. The maximum atomic E-state index is 13.9. The van der Waals surface area contributed by atoms with Crippen LogP contribution in [0.3, 0.4) is 0 Å². The van der Waals surface area contributed by atoms with Crippen molar-refractivity contribution in [3.63, 3.8) is 0 Å². The molecule has 0 atom stereocenters. The Morgan fingerprint density at radius 3 is 2.53 bits per heavy atom. The highest BCUT2D eigenvalue weighted by atomic mass is 32.2. The quantitative estimate of drug-likeness (QED) is 0.722. The van der Waals surface area contributed by atoms with E-state index >= 15 is 0 Å². The molecule has 1 nitrogen and oxygen atoms in total. The van der Waals surface area contributed by atoms with Crippen LogP contribution in [-0.2, 0) is 4.79 Å². The van der Waals surface area contributed by atoms with Gasteiger partial charge in [0.1, 0.15) is 11.6 Å². The highest BCUT2D eigenvalue weighted by Gasteiger charge is 2.34. The van der Waals surface area contributed by atoms with Gasteiger partial charge in [-0.1, -0.05) is 0 Å². The van der Waals surface area contributed by atoms with Crippen LogP contribution in [0.1, 0.15) is 11.1 Å². The predicted octanol–water partition coefficient (Wildman–Crippen LogP) is 4.06. The van der Waals surface area contributed by atoms with Crippen LogP contribution in [0.2, 0.25) is 0 Å². The van der Waals surface area contributed by atoms with Crippen LogP contribution in [0, 0.1) is 5.82 Å². The van der Waals surface area contributed by atoms with Crippen molar-refractivity contribution in [3.8, 4) is 0 Å². The largest absolute Gasteiger partial charge is 0.286 e. The predicted molar refractivity (Wildman–Crippen MR) is 68.4 cm³/mol. The first-order valence-electron chi connectivity index (χ1n) is 5.44. The van der Waals surface area contributed by atoms with Crippen molar-refractivity contribution in [3.05, 3.63) is 52.4 Å². The van der Waals surface area contributed by atoms with Crippen LogP contribution < -0.4 is 0 Å². The summed E-state index contributed by atoms with van der Waals surface area (Å²) < 4.78 is 40.6. The Bertz CT molecular complexity index is 714. The summed E-state index contributed by atoms with van der Waals surface area (Å²) in [4.78, 5) is 12.2. The van der Waals surface area contributed by atoms with Crippen molar-refractivity contribution < 1.29 is 18.0 Å². The number of hydrogen-bond donors (Lipinski definition) is 0. The Morgan fingerprint density at radius 1 is 1.11 bits per heavy atom. The van der Waals surface area contributed by atoms with E-state index in [2.05, 4.69) is 0 Å². The third-order valence-corrected chi connectivity index (χ3v) is 3.85. The normalized spacial score (nSPS) is 17.2. The smallest absolute Gasteiger partial charge is 0.222 e. The number of carbonyl (C=O) groups excluding carboxylic acids is 1. The number of ketones is 1. The molecule has 0 amide bonds. The summed E-state index contributed by atoms with van der Waals surface area (Å²) in [7, 11) is 0. The van der Waals surface area contributed by atoms with Gasteiger partial charge in [0.25, 0.3) is 0 Å². The van der Waals surface area contributed by atoms with Gasteiger partial charge in [0.15, 0.2) is 5.83 Å². The number of Topliss-reactive ketones (excluding diaryl/α,β-unsaturated/α-hetero) is 1. The zero-order valence-electron chi connectivity index (χ0n) is 9.76. The molecule has 1 aromatic carbocycles. The van der Waals surface area contributed by atoms with Gasteiger partial charge in [0.05, 0.1) is 0 Å². The third kappa shape index (κ3) is 1.69. The lowest BCUT2D eigenvalue weighted by atomic mass is 9.94. The number of benzene rings is 1. The molecule has 1 aromatic rings. The Hall–Kier alpha value is -1.75. The number of halogens is 3. The first-order chi connectivity index (χ1) is 9.02. The van der Waals surface area contributed by atoms with Crippen LogP contribution in [0.15, 0.2) is 40.3 Å². The molecule has 19 heavy (non-hydrogen) atoms. The second-order valence-electron chi connectivity index (χ2n) is 4.17. The SMILES string of the molecule is CSc1cc(F)cc2c1C1=C(F)C=C(F)C(=O)C1=C2. The molecule has 0 aromatic heterocycles. The Balaban J connectivity index is 2.34. The molecule has 2 aliphatic rings. The average Bonchev–Trinajstić information content (AvgIpc) is 2.74. The van der Waals surface area contributed by atoms with E-state index in [0.29, 0.717) is 22.1 Å². The third-order valence-electron chi connectivity index (χ3n) is 3.09. The topological polar surface area (TPSA) is 17.1 Å². The van der Waals surface area contributed by atoms with Crippen molar-refractivity contribution in [1.29, 1.82) is 0 Å². The minimum atomic E-state index is -1.13. The summed E-state index contributed by atoms with van der Waals surface area (Å²) >= 11 is 1.25. The fraction of sp³-hybridized carbons (Fsp3) is 0.0714. The molecular formula is C14H7F3OS. The maximum Gasteiger partial charge on any atom is 0.222 e. The molecule has 0 unspecified atom stereocenters. The van der Waals surface area contributed by atoms with Crippen LogP contribution >= 0.6 is 11.8 Å². The number of fused-ring (bicyclic) bond motifs is 3. The zero-order chi connectivity index (χ0) is 13.7. The van der Waals surface area contributed by atoms with Crippen molar-refractivity contribution in [2.24, 2.45) is 0 Å². The summed E-state index contributed by atoms with van der Waals surface area (Å²) in [5.74, 6) is -3.27. The molecule has 0 heterocycles. The van der Waals surface area contributed by atoms with E-state index in [1.54, 1.807) is 6.26 Å². The molecule has 96 valence electrons. The number of carbonyl (C=O) groups is 1. The molecule has 0 saturated heterocycles. The second kappa shape index (κ2) is 4.13. The molecule has 0 fully saturated rings. The molecule has 0 N–H and O–H groups in total. The standard InChI is InChI=1S/C14H7F3OS/c1-19-11-4-7(15)2-6-3-8-13(12(6)11)9(16)5-10(17)14(8)18/h2-5H,1H3. The van der Waals surface area contributed by atoms with E-state index in [1.807, 2.05) is 0 Å². The summed E-state index contributed by atoms with van der Waals surface area (Å²) in [5.41, 5.74) is 0.874. The van der Waals surface area contributed by atoms with E-state index in [4.69, 9.17) is 0 Å². The van der Waals surface area contributed by atoms with Gasteiger partial charge in [0.2, 0.25) is 5.78 Å². The van der Waals surface area contributed by atoms with E-state index in [0.717, 1.165) is 0 Å². The van der Waals surface area contributed by atoms with Gasteiger partial charge < -0.3 is 0 Å². The molecule has 0 radical (unpaired) electrons. The van der Waals surface area contributed by atoms with Crippen molar-refractivity contribution in [2.45, 2.75) is 4.90 Å². The number of allylic oxidation sites excluding steroid dienone is 5. The highest BCUT2D eigenvalue weighted by Crippen LogP contribution is 2.46. The molecule has 3 rings (SSSR count). The molecule has 0 bridgehead atoms. The van der Waals surface area contributed by atoms with Crippen LogP contribution in [0.4, 0.5) is 13.2 Å². The van der Waals surface area contributed by atoms with Crippen molar-refractivity contribution in [2.75, 3.05) is 6.26 Å². The minimum absolute atomic E-state index is 0.0478. The van der Waals surface area contributed by atoms with E-state index < -0.39 is 23.3 Å². The lowest BCUT2D eigenvalue weighted by Gasteiger charge is -2.13. The van der Waals surface area contributed by atoms with Gasteiger partial charge in [-0.3, -0.25) is 4.79 Å². The highest BCUT2D eigenvalue weighted by molar-refractivity contribution is 7.98. The Labute approximate surface area is 111 Å². The van der Waals surface area contributed by atoms with Gasteiger partial charge in [0, 0.05) is 27.7 Å². The van der Waals surface area contributed by atoms with Crippen LogP contribution in [-0.4, -0.2) is 12.0 Å². The number of thioether (sulfide) groups is 1. The van der Waals surface area contributed by atoms with Gasteiger partial charge in [-0.15, -0.1) is 11.8 Å². The zero-order valence-corrected chi connectivity index (χ0v) is 10.6. The Morgan fingerprint density at radius 2 is 1.84 bits per heavy atom. The van der Waals surface area contributed by atoms with Gasteiger partial charge in [-0.2, -0.15) is 0 Å². The summed E-state index contributed by atoms with van der Waals surface area (Å²) in [6, 6.07) is 2.49. The molecule has 0 spiro atoms. The number of hydrogen-bond acceptors (Lipinski definition) is 2. The first-order valence-corrected chi connectivity index (χ1v) is 6.67. The lowest BCUT2D eigenvalue weighted by molar-refractivity contribution is -0.113. The van der Waals surface area contributed by atoms with Crippen molar-refractivity contribution in [1.82, 2.24) is 0 Å². The molecule has 0 aliphatic heterocycles. The van der Waals surface area contributed by atoms with E-state index in [1.165, 1.54) is 30.0 Å². The average molecular weight is 280 g/mol. The van der Waals surface area contributed by atoms with Crippen molar-refractivity contribution >= 4 is 29.2 Å². The summed E-state index contributed by atoms with van der Waals surface area (Å²) in [5, 5.41) is 0. The second-order valence-corrected chi connectivity index (χ2v) is 5.02.